The molecule has 35 heavy (non-hydrogen) atoms. The number of hydrogen-bond acceptors (Lipinski definition) is 14. The van der Waals surface area contributed by atoms with Crippen molar-refractivity contribution in [3.8, 4) is 0 Å². The highest BCUT2D eigenvalue weighted by molar-refractivity contribution is 5.37. The predicted octanol–water partition coefficient (Wildman–Crippen LogP) is 0.600. The van der Waals surface area contributed by atoms with Crippen molar-refractivity contribution in [1.29, 1.82) is 0 Å². The molecule has 0 aromatic carbocycles. The Kier molecular flexibility index (Phi) is 13.8. The molecular weight excluding hydrogens is 448 g/mol. The number of aromatic nitrogens is 6. The Balaban J connectivity index is 1.27. The zero-order valence-electron chi connectivity index (χ0n) is 20.6. The minimum atomic E-state index is 0.131. The van der Waals surface area contributed by atoms with Crippen molar-refractivity contribution in [2.75, 3.05) is 72.8 Å². The number of nitrogens with zero attached hydrogens (tertiary/aromatic N) is 6. The summed E-state index contributed by atoms with van der Waals surface area (Å²) in [6.45, 7) is 5.53. The molecule has 0 atom stereocenters. The van der Waals surface area contributed by atoms with Crippen molar-refractivity contribution in [1.82, 2.24) is 40.5 Å². The summed E-state index contributed by atoms with van der Waals surface area (Å²) in [5.74, 6) is 1.37. The van der Waals surface area contributed by atoms with Crippen molar-refractivity contribution in [3.05, 3.63) is 0 Å². The first-order valence-corrected chi connectivity index (χ1v) is 12.5. The average molecular weight is 491 g/mol. The first-order chi connectivity index (χ1) is 17.0. The Hall–Kier alpha value is -3.26. The number of rotatable bonds is 20. The Morgan fingerprint density at radius 2 is 0.686 bits per heavy atom. The smallest absolute Gasteiger partial charge is 0.229 e. The Morgan fingerprint density at radius 1 is 0.371 bits per heavy atom. The van der Waals surface area contributed by atoms with E-state index in [-0.39, 0.29) is 23.8 Å². The molecule has 2 heterocycles. The fraction of sp³-hybridized carbons (Fsp3) is 0.714. The van der Waals surface area contributed by atoms with Gasteiger partial charge in [0.15, 0.2) is 0 Å². The van der Waals surface area contributed by atoms with Crippen LogP contribution in [0.5, 0.6) is 0 Å². The molecule has 0 radical (unpaired) electrons. The van der Waals surface area contributed by atoms with Gasteiger partial charge >= 0.3 is 0 Å². The molecule has 0 fully saturated rings. The molecular formula is C21H42N14. The summed E-state index contributed by atoms with van der Waals surface area (Å²) >= 11 is 0. The third-order valence-electron chi connectivity index (χ3n) is 5.17. The Morgan fingerprint density at radius 3 is 1.06 bits per heavy atom. The topological polar surface area (TPSA) is 230 Å². The molecule has 0 spiro atoms. The molecule has 196 valence electrons. The predicted molar refractivity (Wildman–Crippen MR) is 142 cm³/mol. The fourth-order valence-electron chi connectivity index (χ4n) is 3.44. The number of unbranched alkanes of at least 4 members (excludes halogenated alkanes) is 6. The third-order valence-corrected chi connectivity index (χ3v) is 5.17. The van der Waals surface area contributed by atoms with E-state index in [2.05, 4.69) is 51.2 Å². The van der Waals surface area contributed by atoms with Crippen LogP contribution in [-0.4, -0.2) is 69.2 Å². The van der Waals surface area contributed by atoms with E-state index in [1.165, 1.54) is 44.9 Å². The van der Waals surface area contributed by atoms with E-state index in [1.807, 2.05) is 0 Å². The van der Waals surface area contributed by atoms with Crippen molar-refractivity contribution in [2.45, 2.75) is 57.8 Å². The highest BCUT2D eigenvalue weighted by Gasteiger charge is 2.01. The second-order valence-corrected chi connectivity index (χ2v) is 8.29. The maximum atomic E-state index is 5.54. The van der Waals surface area contributed by atoms with Gasteiger partial charge in [-0.3, -0.25) is 0 Å². The van der Waals surface area contributed by atoms with Crippen molar-refractivity contribution in [2.24, 2.45) is 0 Å². The van der Waals surface area contributed by atoms with Gasteiger partial charge in [0, 0.05) is 13.1 Å². The summed E-state index contributed by atoms with van der Waals surface area (Å²) < 4.78 is 0. The normalized spacial score (nSPS) is 11.0. The van der Waals surface area contributed by atoms with Gasteiger partial charge in [-0.25, -0.2) is 0 Å². The standard InChI is InChI=1S/C21H42N14/c22-16-30-17(23)33-20(32-16)28-14-8-12-26-10-6-4-2-1-3-5-7-11-27-13-9-15-29-21-34-18(24)31-19(25)35-21/h26-27H,1-15H2,(H5,22,23,28,30,32,33)(H5,24,25,29,31,34,35). The van der Waals surface area contributed by atoms with Crippen LogP contribution in [0.3, 0.4) is 0 Å². The summed E-state index contributed by atoms with van der Waals surface area (Å²) in [5, 5.41) is 13.2. The van der Waals surface area contributed by atoms with Gasteiger partial charge in [-0.05, 0) is 51.9 Å². The first-order valence-electron chi connectivity index (χ1n) is 12.5. The monoisotopic (exact) mass is 490 g/mol. The molecule has 2 rings (SSSR count). The molecule has 12 N–H and O–H groups in total. The summed E-state index contributed by atoms with van der Waals surface area (Å²) in [4.78, 5) is 23.4. The van der Waals surface area contributed by atoms with Crippen LogP contribution in [0.15, 0.2) is 0 Å². The molecule has 0 amide bonds. The van der Waals surface area contributed by atoms with E-state index in [1.54, 1.807) is 0 Å². The van der Waals surface area contributed by atoms with Crippen molar-refractivity contribution in [3.63, 3.8) is 0 Å². The van der Waals surface area contributed by atoms with Crippen molar-refractivity contribution < 1.29 is 0 Å². The lowest BCUT2D eigenvalue weighted by Crippen LogP contribution is -2.20. The number of nitrogen functional groups attached to an aromatic ring is 4. The largest absolute Gasteiger partial charge is 0.368 e. The van der Waals surface area contributed by atoms with E-state index in [0.717, 1.165) is 52.1 Å². The molecule has 0 saturated heterocycles. The summed E-state index contributed by atoms with van der Waals surface area (Å²) in [6, 6.07) is 0. The Labute approximate surface area is 207 Å². The van der Waals surface area contributed by atoms with E-state index in [9.17, 15) is 0 Å². The lowest BCUT2D eigenvalue weighted by Gasteiger charge is -2.07. The molecule has 14 heteroatoms. The summed E-state index contributed by atoms with van der Waals surface area (Å²) in [6.07, 6.45) is 10.8. The lowest BCUT2D eigenvalue weighted by molar-refractivity contribution is 0.542. The van der Waals surface area contributed by atoms with Gasteiger partial charge in [-0.15, -0.1) is 0 Å². The molecule has 2 aromatic heterocycles. The second-order valence-electron chi connectivity index (χ2n) is 8.29. The Bertz CT molecular complexity index is 726. The van der Waals surface area contributed by atoms with Gasteiger partial charge in [0.1, 0.15) is 0 Å². The molecule has 0 unspecified atom stereocenters. The number of hydrogen-bond donors (Lipinski definition) is 8. The van der Waals surface area contributed by atoms with E-state index in [0.29, 0.717) is 11.9 Å². The molecule has 0 saturated carbocycles. The first kappa shape index (κ1) is 28.0. The van der Waals surface area contributed by atoms with Crippen LogP contribution >= 0.6 is 0 Å². The van der Waals surface area contributed by atoms with Gasteiger partial charge in [-0.1, -0.05) is 32.1 Å². The van der Waals surface area contributed by atoms with Crippen LogP contribution < -0.4 is 44.2 Å². The number of nitrogens with two attached hydrogens (primary N) is 4. The van der Waals surface area contributed by atoms with Crippen LogP contribution in [0.1, 0.15) is 57.8 Å². The highest BCUT2D eigenvalue weighted by atomic mass is 15.2. The molecule has 0 aliphatic heterocycles. The zero-order valence-corrected chi connectivity index (χ0v) is 20.6. The SMILES string of the molecule is Nc1nc(N)nc(NCCCNCCCCCCCCCNCCCNc2nc(N)nc(N)n2)n1. The van der Waals surface area contributed by atoms with Gasteiger partial charge in [-0.2, -0.15) is 29.9 Å². The quantitative estimate of drug-likeness (QED) is 0.119. The molecule has 0 aliphatic rings. The molecule has 2 aromatic rings. The van der Waals surface area contributed by atoms with Crippen LogP contribution in [-0.2, 0) is 0 Å². The van der Waals surface area contributed by atoms with Gasteiger partial charge in [0.2, 0.25) is 35.7 Å². The third kappa shape index (κ3) is 13.9. The maximum absolute atomic E-state index is 5.54. The second kappa shape index (κ2) is 17.2. The fourth-order valence-corrected chi connectivity index (χ4v) is 3.44. The molecule has 0 bridgehead atoms. The van der Waals surface area contributed by atoms with Crippen molar-refractivity contribution >= 4 is 35.7 Å². The van der Waals surface area contributed by atoms with Gasteiger partial charge < -0.3 is 44.2 Å². The summed E-state index contributed by atoms with van der Waals surface area (Å²) in [7, 11) is 0. The summed E-state index contributed by atoms with van der Waals surface area (Å²) in [5.41, 5.74) is 22.2. The average Bonchev–Trinajstić information content (AvgIpc) is 2.79. The molecule has 14 nitrogen and oxygen atoms in total. The highest BCUT2D eigenvalue weighted by Crippen LogP contribution is 2.07. The minimum absolute atomic E-state index is 0.131. The number of anilines is 6. The van der Waals surface area contributed by atoms with Gasteiger partial charge in [0.25, 0.3) is 0 Å². The minimum Gasteiger partial charge on any atom is -0.368 e. The lowest BCUT2D eigenvalue weighted by atomic mass is 10.1. The zero-order chi connectivity index (χ0) is 25.1. The van der Waals surface area contributed by atoms with Crippen LogP contribution in [0.25, 0.3) is 0 Å². The van der Waals surface area contributed by atoms with E-state index in [4.69, 9.17) is 22.9 Å². The van der Waals surface area contributed by atoms with Gasteiger partial charge in [0.05, 0.1) is 0 Å². The van der Waals surface area contributed by atoms with Crippen LogP contribution in [0.2, 0.25) is 0 Å². The van der Waals surface area contributed by atoms with E-state index < -0.39 is 0 Å². The van der Waals surface area contributed by atoms with E-state index >= 15 is 0 Å². The maximum Gasteiger partial charge on any atom is 0.229 e. The molecule has 0 aliphatic carbocycles. The van der Waals surface area contributed by atoms with Crippen LogP contribution in [0.4, 0.5) is 35.7 Å². The number of nitrogens with one attached hydrogen (secondary N) is 4. The van der Waals surface area contributed by atoms with Crippen LogP contribution in [0, 0.1) is 0 Å².